The van der Waals surface area contributed by atoms with E-state index in [9.17, 15) is 4.57 Å². The Balaban J connectivity index is 1.71. The molecule has 1 heterocycles. The maximum Gasteiger partial charge on any atom is 0.273 e. The third-order valence-corrected chi connectivity index (χ3v) is 8.43. The van der Waals surface area contributed by atoms with E-state index in [0.717, 1.165) is 24.1 Å². The molecule has 1 aliphatic rings. The van der Waals surface area contributed by atoms with Crippen LogP contribution in [0.1, 0.15) is 42.0 Å². The highest BCUT2D eigenvalue weighted by Gasteiger charge is 2.41. The van der Waals surface area contributed by atoms with E-state index in [-0.39, 0.29) is 12.0 Å². The lowest BCUT2D eigenvalue weighted by molar-refractivity contribution is 0.187. The first kappa shape index (κ1) is 20.1. The SMILES string of the molecule is C[C@@H](CP1(=O)OCCCN1C(c1ccccc1)c1ccccc1)c1ccccc1. The normalized spacial score (nSPS) is 21.2. The van der Waals surface area contributed by atoms with Gasteiger partial charge in [0.15, 0.2) is 0 Å². The highest BCUT2D eigenvalue weighted by Crippen LogP contribution is 2.60. The predicted molar refractivity (Wildman–Crippen MR) is 119 cm³/mol. The van der Waals surface area contributed by atoms with Crippen LogP contribution in [0, 0.1) is 0 Å². The maximum atomic E-state index is 14.2. The van der Waals surface area contributed by atoms with Crippen LogP contribution in [0.15, 0.2) is 91.0 Å². The van der Waals surface area contributed by atoms with E-state index in [1.54, 1.807) is 0 Å². The van der Waals surface area contributed by atoms with Crippen molar-refractivity contribution < 1.29 is 9.09 Å². The number of benzene rings is 3. The molecule has 0 aliphatic carbocycles. The van der Waals surface area contributed by atoms with E-state index in [1.807, 2.05) is 54.6 Å². The van der Waals surface area contributed by atoms with Crippen LogP contribution in [0.4, 0.5) is 0 Å². The van der Waals surface area contributed by atoms with E-state index in [2.05, 4.69) is 48.0 Å². The summed E-state index contributed by atoms with van der Waals surface area (Å²) in [5, 5.41) is 0. The third-order valence-electron chi connectivity index (χ3n) is 5.62. The van der Waals surface area contributed by atoms with E-state index in [4.69, 9.17) is 4.52 Å². The smallest absolute Gasteiger partial charge is 0.273 e. The Bertz CT molecular complexity index is 907. The summed E-state index contributed by atoms with van der Waals surface area (Å²) in [6, 6.07) is 31.0. The van der Waals surface area contributed by atoms with Crippen LogP contribution in [0.25, 0.3) is 0 Å². The first-order valence-electron chi connectivity index (χ1n) is 10.3. The Morgan fingerprint density at radius 3 is 1.83 bits per heavy atom. The Kier molecular flexibility index (Phi) is 6.30. The van der Waals surface area contributed by atoms with Gasteiger partial charge in [-0.3, -0.25) is 4.57 Å². The van der Waals surface area contributed by atoms with Gasteiger partial charge < -0.3 is 4.52 Å². The molecule has 1 aliphatic heterocycles. The lowest BCUT2D eigenvalue weighted by Crippen LogP contribution is -2.34. The monoisotopic (exact) mass is 405 g/mol. The van der Waals surface area contributed by atoms with Crippen LogP contribution in [0.3, 0.4) is 0 Å². The zero-order valence-corrected chi connectivity index (χ0v) is 17.7. The first-order chi connectivity index (χ1) is 14.2. The van der Waals surface area contributed by atoms with Crippen LogP contribution >= 0.6 is 7.52 Å². The van der Waals surface area contributed by atoms with Gasteiger partial charge in [0.25, 0.3) is 7.52 Å². The molecule has 0 N–H and O–H groups in total. The minimum atomic E-state index is -3.00. The summed E-state index contributed by atoms with van der Waals surface area (Å²) in [4.78, 5) is 0. The van der Waals surface area contributed by atoms with Gasteiger partial charge in [0.2, 0.25) is 0 Å². The predicted octanol–water partition coefficient (Wildman–Crippen LogP) is 6.50. The number of hydrogen-bond donors (Lipinski definition) is 0. The second kappa shape index (κ2) is 9.09. The van der Waals surface area contributed by atoms with E-state index in [0.29, 0.717) is 12.8 Å². The Labute approximate surface area is 173 Å². The second-order valence-electron chi connectivity index (χ2n) is 7.71. The fourth-order valence-corrected chi connectivity index (χ4v) is 7.01. The van der Waals surface area contributed by atoms with E-state index in [1.165, 1.54) is 5.56 Å². The molecule has 0 spiro atoms. The molecule has 2 atom stereocenters. The van der Waals surface area contributed by atoms with Crippen LogP contribution in [0.2, 0.25) is 0 Å². The van der Waals surface area contributed by atoms with Gasteiger partial charge in [-0.05, 0) is 29.0 Å². The fraction of sp³-hybridized carbons (Fsp3) is 0.280. The lowest BCUT2D eigenvalue weighted by Gasteiger charge is -2.41. The molecular weight excluding hydrogens is 377 g/mol. The van der Waals surface area contributed by atoms with Crippen LogP contribution in [-0.2, 0) is 9.09 Å². The zero-order chi connectivity index (χ0) is 20.1. The second-order valence-corrected chi connectivity index (χ2v) is 10.1. The van der Waals surface area contributed by atoms with Crippen molar-refractivity contribution in [2.75, 3.05) is 19.3 Å². The number of hydrogen-bond acceptors (Lipinski definition) is 2. The first-order valence-corrected chi connectivity index (χ1v) is 12.1. The standard InChI is InChI=1S/C25H28NO2P/c1-21(22-12-5-2-6-13-22)20-29(27)26(18-11-19-28-29)25(23-14-7-3-8-15-23)24-16-9-4-10-17-24/h2-10,12-17,21,25H,11,18-20H2,1H3/t21-,29?/m0/s1. The topological polar surface area (TPSA) is 29.5 Å². The van der Waals surface area contributed by atoms with E-state index < -0.39 is 7.52 Å². The molecule has 3 aromatic carbocycles. The van der Waals surface area contributed by atoms with Gasteiger partial charge in [0.05, 0.1) is 12.6 Å². The highest BCUT2D eigenvalue weighted by atomic mass is 31.2. The number of rotatable bonds is 6. The van der Waals surface area contributed by atoms with Gasteiger partial charge in [-0.25, -0.2) is 4.67 Å². The van der Waals surface area contributed by atoms with Gasteiger partial charge >= 0.3 is 0 Å². The fourth-order valence-electron chi connectivity index (χ4n) is 4.16. The Hall–Kier alpha value is -2.19. The average Bonchev–Trinajstić information content (AvgIpc) is 2.77. The summed E-state index contributed by atoms with van der Waals surface area (Å²) in [5.41, 5.74) is 3.50. The quantitative estimate of drug-likeness (QED) is 0.439. The number of nitrogens with zero attached hydrogens (tertiary/aromatic N) is 1. The summed E-state index contributed by atoms with van der Waals surface area (Å²) in [5.74, 6) is 0.162. The molecule has 0 amide bonds. The summed E-state index contributed by atoms with van der Waals surface area (Å²) >= 11 is 0. The Morgan fingerprint density at radius 2 is 1.31 bits per heavy atom. The molecule has 0 radical (unpaired) electrons. The van der Waals surface area contributed by atoms with Crippen LogP contribution in [-0.4, -0.2) is 24.0 Å². The minimum absolute atomic E-state index is 0.0773. The summed E-state index contributed by atoms with van der Waals surface area (Å²) in [6.45, 7) is 3.48. The molecule has 29 heavy (non-hydrogen) atoms. The molecule has 0 saturated carbocycles. The molecule has 0 aromatic heterocycles. The van der Waals surface area contributed by atoms with Crippen LogP contribution in [0.5, 0.6) is 0 Å². The molecule has 4 heteroatoms. The van der Waals surface area contributed by atoms with Gasteiger partial charge in [-0.2, -0.15) is 0 Å². The van der Waals surface area contributed by atoms with E-state index >= 15 is 0 Å². The summed E-state index contributed by atoms with van der Waals surface area (Å²) in [7, 11) is -3.00. The van der Waals surface area contributed by atoms with Crippen molar-refractivity contribution in [3.8, 4) is 0 Å². The molecule has 1 saturated heterocycles. The molecule has 3 nitrogen and oxygen atoms in total. The van der Waals surface area contributed by atoms with Crippen molar-refractivity contribution in [2.24, 2.45) is 0 Å². The third kappa shape index (κ3) is 4.53. The van der Waals surface area contributed by atoms with Crippen molar-refractivity contribution >= 4 is 7.52 Å². The van der Waals surface area contributed by atoms with Gasteiger partial charge in [0.1, 0.15) is 0 Å². The summed E-state index contributed by atoms with van der Waals surface area (Å²) in [6.07, 6.45) is 1.41. The molecular formula is C25H28NO2P. The average molecular weight is 405 g/mol. The largest absolute Gasteiger partial charge is 0.317 e. The molecule has 150 valence electrons. The molecule has 3 aromatic rings. The van der Waals surface area contributed by atoms with Crippen molar-refractivity contribution in [3.63, 3.8) is 0 Å². The van der Waals surface area contributed by atoms with Gasteiger partial charge in [-0.1, -0.05) is 97.9 Å². The summed E-state index contributed by atoms with van der Waals surface area (Å²) < 4.78 is 22.5. The molecule has 4 rings (SSSR count). The van der Waals surface area contributed by atoms with Crippen LogP contribution < -0.4 is 0 Å². The maximum absolute atomic E-state index is 14.2. The Morgan fingerprint density at radius 1 is 0.828 bits per heavy atom. The molecule has 0 bridgehead atoms. The van der Waals surface area contributed by atoms with Crippen molar-refractivity contribution in [3.05, 3.63) is 108 Å². The molecule has 1 unspecified atom stereocenters. The highest BCUT2D eigenvalue weighted by molar-refractivity contribution is 7.56. The van der Waals surface area contributed by atoms with Crippen molar-refractivity contribution in [1.82, 2.24) is 4.67 Å². The zero-order valence-electron chi connectivity index (χ0n) is 16.9. The van der Waals surface area contributed by atoms with Crippen molar-refractivity contribution in [2.45, 2.75) is 25.3 Å². The molecule has 1 fully saturated rings. The van der Waals surface area contributed by atoms with Crippen molar-refractivity contribution in [1.29, 1.82) is 0 Å². The lowest BCUT2D eigenvalue weighted by atomic mass is 9.98. The minimum Gasteiger partial charge on any atom is -0.317 e. The van der Waals surface area contributed by atoms with Gasteiger partial charge in [0, 0.05) is 12.7 Å². The van der Waals surface area contributed by atoms with Gasteiger partial charge in [-0.15, -0.1) is 0 Å².